The van der Waals surface area contributed by atoms with Gasteiger partial charge in [0.05, 0.1) is 52.8 Å². The van der Waals surface area contributed by atoms with Gasteiger partial charge in [0.15, 0.2) is 18.4 Å². The molecule has 14 nitrogen and oxygen atoms in total. The van der Waals surface area contributed by atoms with Crippen molar-refractivity contribution in [1.29, 1.82) is 0 Å². The lowest BCUT2D eigenvalue weighted by Crippen LogP contribution is -2.55. The van der Waals surface area contributed by atoms with Crippen LogP contribution >= 0.6 is 0 Å². The first kappa shape index (κ1) is 36.6. The number of rotatable bonds is 7. The fourth-order valence-electron chi connectivity index (χ4n) is 8.05. The Kier molecular flexibility index (Phi) is 9.82. The molecule has 14 heteroatoms. The lowest BCUT2D eigenvalue weighted by molar-refractivity contribution is -0.289. The van der Waals surface area contributed by atoms with Crippen LogP contribution in [0.4, 0.5) is 0 Å². The van der Waals surface area contributed by atoms with Gasteiger partial charge in [-0.15, -0.1) is 0 Å². The summed E-state index contributed by atoms with van der Waals surface area (Å²) in [6, 6.07) is 3.25. The zero-order valence-electron chi connectivity index (χ0n) is 29.4. The van der Waals surface area contributed by atoms with Crippen LogP contribution in [0.5, 0.6) is 17.2 Å². The largest absolute Gasteiger partial charge is 0.507 e. The van der Waals surface area contributed by atoms with E-state index in [0.29, 0.717) is 0 Å². The number of carbonyl (C=O) groups excluding carboxylic acids is 2. The number of carbonyl (C=O) groups is 2. The molecule has 8 unspecified atom stereocenters. The van der Waals surface area contributed by atoms with Crippen molar-refractivity contribution in [2.75, 3.05) is 28.2 Å². The molecule has 0 spiro atoms. The second-order valence-corrected chi connectivity index (χ2v) is 14.5. The van der Waals surface area contributed by atoms with Crippen LogP contribution < -0.4 is 0 Å². The molecule has 0 aromatic heterocycles. The van der Waals surface area contributed by atoms with E-state index in [1.54, 1.807) is 20.8 Å². The zero-order valence-corrected chi connectivity index (χ0v) is 29.4. The Morgan fingerprint density at radius 2 is 1.32 bits per heavy atom. The van der Waals surface area contributed by atoms with E-state index in [0.717, 1.165) is 0 Å². The Labute approximate surface area is 290 Å². The number of aromatic hydroxyl groups is 3. The van der Waals surface area contributed by atoms with Crippen LogP contribution in [-0.4, -0.2) is 135 Å². The van der Waals surface area contributed by atoms with Crippen LogP contribution in [0.3, 0.4) is 0 Å². The van der Waals surface area contributed by atoms with Gasteiger partial charge in [-0.1, -0.05) is 19.1 Å². The van der Waals surface area contributed by atoms with E-state index in [-0.39, 0.29) is 60.0 Å². The van der Waals surface area contributed by atoms with Crippen LogP contribution in [0.1, 0.15) is 102 Å². The summed E-state index contributed by atoms with van der Waals surface area (Å²) in [5.41, 5.74) is -3.47. The molecule has 0 saturated carbocycles. The number of hydrogen-bond donors (Lipinski definition) is 6. The van der Waals surface area contributed by atoms with Gasteiger partial charge in [-0.2, -0.15) is 0 Å². The topological polar surface area (TPSA) is 199 Å². The second kappa shape index (κ2) is 13.4. The van der Waals surface area contributed by atoms with E-state index >= 15 is 0 Å². The van der Waals surface area contributed by atoms with E-state index in [1.165, 1.54) is 18.2 Å². The molecular formula is C36H48N2O12. The standard InChI is InChI=1S/C36H48N2O12/c1-8-36(46)14-21(49-22-12-18(37(4)5)29(40)15(2)47-22)25-28(35(36)50-23-13-19(38(6)7)30(41)16(3)48-23)34(45)26-27(33(25)44)32(43)24-17(31(26)42)10-9-11-20(24)39/h9-11,15-16,18-19,21-23,29-30,35,39-41,44-46H,8,12-14H2,1-7H3/t15?,16?,18?,19?,21-,22?,23?,29?,30?,35+,36-/m1/s1. The molecule has 2 aromatic carbocycles. The molecule has 50 heavy (non-hydrogen) atoms. The second-order valence-electron chi connectivity index (χ2n) is 14.5. The molecule has 11 atom stereocenters. The fraction of sp³-hybridized carbons (Fsp3) is 0.611. The van der Waals surface area contributed by atoms with Crippen LogP contribution in [0, 0.1) is 0 Å². The number of aliphatic hydroxyl groups excluding tert-OH is 2. The first-order valence-electron chi connectivity index (χ1n) is 17.1. The normalized spacial score (nSPS) is 35.6. The van der Waals surface area contributed by atoms with Gasteiger partial charge in [-0.05, 0) is 54.5 Å². The molecule has 2 aliphatic heterocycles. The van der Waals surface area contributed by atoms with Gasteiger partial charge in [0.2, 0.25) is 5.78 Å². The van der Waals surface area contributed by atoms with Crippen molar-refractivity contribution >= 4 is 11.6 Å². The SMILES string of the molecule is CC[C@@]1(O)C[C@@H](OC2CC(N(C)C)C(O)C(C)O2)c2c(O)c3c(c(O)c2[C@@H]1OC1CC(N(C)C)C(O)C(C)O1)C(=O)c1cccc(O)c1C3=O. The van der Waals surface area contributed by atoms with Gasteiger partial charge >= 0.3 is 0 Å². The van der Waals surface area contributed by atoms with Gasteiger partial charge in [-0.3, -0.25) is 9.59 Å². The number of aliphatic hydroxyl groups is 3. The number of phenols is 3. The van der Waals surface area contributed by atoms with Crippen molar-refractivity contribution in [3.63, 3.8) is 0 Å². The minimum atomic E-state index is -1.77. The summed E-state index contributed by atoms with van der Waals surface area (Å²) in [5.74, 6) is -3.49. The van der Waals surface area contributed by atoms with Crippen LogP contribution in [0.25, 0.3) is 0 Å². The molecule has 274 valence electrons. The summed E-state index contributed by atoms with van der Waals surface area (Å²) in [6.07, 6.45) is -7.20. The third-order valence-electron chi connectivity index (χ3n) is 11.0. The van der Waals surface area contributed by atoms with Gasteiger partial charge in [0, 0.05) is 48.0 Å². The van der Waals surface area contributed by atoms with Crippen molar-refractivity contribution in [2.45, 2.75) is 113 Å². The first-order valence-corrected chi connectivity index (χ1v) is 17.1. The molecule has 2 fully saturated rings. The summed E-state index contributed by atoms with van der Waals surface area (Å²) in [6.45, 7) is 5.12. The highest BCUT2D eigenvalue weighted by molar-refractivity contribution is 6.31. The highest BCUT2D eigenvalue weighted by atomic mass is 16.7. The zero-order chi connectivity index (χ0) is 36.6. The van der Waals surface area contributed by atoms with Gasteiger partial charge in [0.1, 0.15) is 23.4 Å². The van der Waals surface area contributed by atoms with E-state index in [9.17, 15) is 40.2 Å². The average molecular weight is 701 g/mol. The van der Waals surface area contributed by atoms with Crippen molar-refractivity contribution in [1.82, 2.24) is 9.80 Å². The molecule has 0 bridgehead atoms. The van der Waals surface area contributed by atoms with Gasteiger partial charge < -0.3 is 59.4 Å². The van der Waals surface area contributed by atoms with Crippen molar-refractivity contribution in [2.24, 2.45) is 0 Å². The molecule has 2 aromatic rings. The highest BCUT2D eigenvalue weighted by Crippen LogP contribution is 2.58. The fourth-order valence-corrected chi connectivity index (χ4v) is 8.05. The van der Waals surface area contributed by atoms with E-state index < -0.39 is 94.7 Å². The molecule has 2 saturated heterocycles. The van der Waals surface area contributed by atoms with Crippen LogP contribution in [0.2, 0.25) is 0 Å². The molecule has 6 N–H and O–H groups in total. The summed E-state index contributed by atoms with van der Waals surface area (Å²) < 4.78 is 25.1. The number of ketones is 2. The van der Waals surface area contributed by atoms with Crippen molar-refractivity contribution in [3.8, 4) is 17.2 Å². The first-order chi connectivity index (χ1) is 23.5. The monoisotopic (exact) mass is 700 g/mol. The third kappa shape index (κ3) is 5.90. The van der Waals surface area contributed by atoms with Crippen LogP contribution in [-0.2, 0) is 18.9 Å². The van der Waals surface area contributed by atoms with Gasteiger partial charge in [-0.25, -0.2) is 0 Å². The van der Waals surface area contributed by atoms with E-state index in [2.05, 4.69) is 0 Å². The number of nitrogens with zero attached hydrogens (tertiary/aromatic N) is 2. The molecular weight excluding hydrogens is 652 g/mol. The minimum absolute atomic E-state index is 0.0702. The maximum atomic E-state index is 14.0. The minimum Gasteiger partial charge on any atom is -0.507 e. The molecule has 2 heterocycles. The lowest BCUT2D eigenvalue weighted by Gasteiger charge is -2.48. The maximum absolute atomic E-state index is 14.0. The lowest BCUT2D eigenvalue weighted by atomic mass is 9.70. The summed E-state index contributed by atoms with van der Waals surface area (Å²) >= 11 is 0. The Morgan fingerprint density at radius 1 is 0.800 bits per heavy atom. The number of fused-ring (bicyclic) bond motifs is 3. The molecule has 2 aliphatic carbocycles. The maximum Gasteiger partial charge on any atom is 0.202 e. The van der Waals surface area contributed by atoms with Crippen molar-refractivity contribution in [3.05, 3.63) is 51.6 Å². The average Bonchev–Trinajstić information content (AvgIpc) is 3.05. The molecule has 0 amide bonds. The number of phenolic OH excluding ortho intramolecular Hbond substituents is 3. The molecule has 4 aliphatic rings. The van der Waals surface area contributed by atoms with E-state index in [4.69, 9.17) is 18.9 Å². The Hall–Kier alpha value is -3.18. The van der Waals surface area contributed by atoms with E-state index in [1.807, 2.05) is 38.0 Å². The number of hydrogen-bond acceptors (Lipinski definition) is 14. The Bertz CT molecular complexity index is 1660. The predicted molar refractivity (Wildman–Crippen MR) is 177 cm³/mol. The summed E-state index contributed by atoms with van der Waals surface area (Å²) in [7, 11) is 7.25. The third-order valence-corrected chi connectivity index (χ3v) is 11.0. The number of ether oxygens (including phenoxy) is 4. The van der Waals surface area contributed by atoms with Gasteiger partial charge in [0.25, 0.3) is 0 Å². The summed E-state index contributed by atoms with van der Waals surface area (Å²) in [5, 5.41) is 68.8. The Morgan fingerprint density at radius 3 is 1.86 bits per heavy atom. The Balaban J connectivity index is 1.52. The predicted octanol–water partition coefficient (Wildman–Crippen LogP) is 2.09. The van der Waals surface area contributed by atoms with Crippen molar-refractivity contribution < 1.29 is 59.2 Å². The number of likely N-dealkylation sites (N-methyl/N-ethyl adjacent to an activating group) is 2. The highest BCUT2D eigenvalue weighted by Gasteiger charge is 2.54. The quantitative estimate of drug-likeness (QED) is 0.196. The van der Waals surface area contributed by atoms with Crippen LogP contribution in [0.15, 0.2) is 18.2 Å². The number of benzene rings is 2. The summed E-state index contributed by atoms with van der Waals surface area (Å²) in [4.78, 5) is 31.6. The molecule has 6 rings (SSSR count). The molecule has 0 radical (unpaired) electrons. The smallest absolute Gasteiger partial charge is 0.202 e.